The van der Waals surface area contributed by atoms with Gasteiger partial charge in [0.05, 0.1) is 17.4 Å². The summed E-state index contributed by atoms with van der Waals surface area (Å²) < 4.78 is 5.04. The number of amides is 3. The summed E-state index contributed by atoms with van der Waals surface area (Å²) in [6.45, 7) is -0.224. The molecule has 0 bridgehead atoms. The number of imide groups is 1. The maximum Gasteiger partial charge on any atom is 0.330 e. The highest BCUT2D eigenvalue weighted by molar-refractivity contribution is 6.23. The molecule has 2 heterocycles. The minimum atomic E-state index is -1.25. The van der Waals surface area contributed by atoms with Gasteiger partial charge in [0.2, 0.25) is 0 Å². The lowest BCUT2D eigenvalue weighted by molar-refractivity contribution is -0.152. The quantitative estimate of drug-likeness (QED) is 0.758. The molecule has 0 aromatic heterocycles. The molecule has 1 N–H and O–H groups in total. The SMILES string of the molecule is O=C(O)[C@H]1COC=CN1C(=O)[C@@H](Cc1ccccc1)N1C(=O)c2ccccc2C1=O. The van der Waals surface area contributed by atoms with Gasteiger partial charge in [-0.1, -0.05) is 42.5 Å². The molecular formula is C22H18N2O6. The number of hydrogen-bond donors (Lipinski definition) is 1. The van der Waals surface area contributed by atoms with Crippen molar-refractivity contribution in [1.82, 2.24) is 9.80 Å². The Balaban J connectivity index is 1.74. The van der Waals surface area contributed by atoms with Crippen LogP contribution in [0.1, 0.15) is 26.3 Å². The molecule has 0 saturated heterocycles. The first-order chi connectivity index (χ1) is 14.5. The van der Waals surface area contributed by atoms with Crippen LogP contribution in [0.25, 0.3) is 0 Å². The van der Waals surface area contributed by atoms with Crippen molar-refractivity contribution in [1.29, 1.82) is 0 Å². The van der Waals surface area contributed by atoms with Gasteiger partial charge in [0.25, 0.3) is 17.7 Å². The maximum absolute atomic E-state index is 13.5. The molecule has 0 radical (unpaired) electrons. The Bertz CT molecular complexity index is 1010. The van der Waals surface area contributed by atoms with Crippen LogP contribution >= 0.6 is 0 Å². The molecule has 4 rings (SSSR count). The summed E-state index contributed by atoms with van der Waals surface area (Å²) in [6.07, 6.45) is 2.50. The lowest BCUT2D eigenvalue weighted by atomic mass is 10.0. The van der Waals surface area contributed by atoms with Crippen LogP contribution in [0.5, 0.6) is 0 Å². The normalized spacial score (nSPS) is 18.7. The van der Waals surface area contributed by atoms with Crippen LogP contribution < -0.4 is 0 Å². The molecule has 2 aromatic carbocycles. The van der Waals surface area contributed by atoms with E-state index in [0.717, 1.165) is 15.4 Å². The number of fused-ring (bicyclic) bond motifs is 1. The Labute approximate surface area is 172 Å². The molecule has 0 aliphatic carbocycles. The first kappa shape index (κ1) is 19.4. The van der Waals surface area contributed by atoms with E-state index < -0.39 is 35.8 Å². The summed E-state index contributed by atoms with van der Waals surface area (Å²) in [6, 6.07) is 12.8. The molecular weight excluding hydrogens is 388 g/mol. The number of carboxylic acid groups (broad SMARTS) is 1. The summed E-state index contributed by atoms with van der Waals surface area (Å²) >= 11 is 0. The van der Waals surface area contributed by atoms with Gasteiger partial charge in [0.15, 0.2) is 6.04 Å². The van der Waals surface area contributed by atoms with Crippen molar-refractivity contribution < 1.29 is 29.0 Å². The van der Waals surface area contributed by atoms with E-state index in [1.54, 1.807) is 36.4 Å². The van der Waals surface area contributed by atoms with E-state index in [0.29, 0.717) is 0 Å². The molecule has 0 spiro atoms. The zero-order valence-electron chi connectivity index (χ0n) is 15.8. The molecule has 2 aliphatic heterocycles. The molecule has 0 fully saturated rings. The third-order valence-electron chi connectivity index (χ3n) is 5.14. The zero-order chi connectivity index (χ0) is 21.3. The zero-order valence-corrected chi connectivity index (χ0v) is 15.8. The summed E-state index contributed by atoms with van der Waals surface area (Å²) in [5.41, 5.74) is 1.18. The second-order valence-electron chi connectivity index (χ2n) is 6.95. The molecule has 3 amide bonds. The first-order valence-corrected chi connectivity index (χ1v) is 9.33. The average molecular weight is 406 g/mol. The number of aliphatic carboxylic acids is 1. The Kier molecular flexibility index (Phi) is 5.05. The Hall–Kier alpha value is -3.94. The van der Waals surface area contributed by atoms with Crippen LogP contribution in [-0.4, -0.2) is 57.3 Å². The van der Waals surface area contributed by atoms with E-state index in [1.807, 2.05) is 6.07 Å². The summed E-state index contributed by atoms with van der Waals surface area (Å²) in [7, 11) is 0. The van der Waals surface area contributed by atoms with E-state index >= 15 is 0 Å². The number of benzene rings is 2. The van der Waals surface area contributed by atoms with Crippen molar-refractivity contribution in [3.63, 3.8) is 0 Å². The summed E-state index contributed by atoms with van der Waals surface area (Å²) in [5.74, 6) is -3.06. The van der Waals surface area contributed by atoms with Gasteiger partial charge in [0.1, 0.15) is 12.6 Å². The van der Waals surface area contributed by atoms with Crippen LogP contribution in [0.2, 0.25) is 0 Å². The van der Waals surface area contributed by atoms with Gasteiger partial charge in [-0.3, -0.25) is 24.2 Å². The Morgan fingerprint density at radius 1 is 1.00 bits per heavy atom. The highest BCUT2D eigenvalue weighted by atomic mass is 16.5. The van der Waals surface area contributed by atoms with E-state index in [-0.39, 0.29) is 24.2 Å². The molecule has 2 atom stereocenters. The predicted octanol–water partition coefficient (Wildman–Crippen LogP) is 1.68. The Morgan fingerprint density at radius 3 is 2.20 bits per heavy atom. The number of nitrogens with zero attached hydrogens (tertiary/aromatic N) is 2. The van der Waals surface area contributed by atoms with Crippen LogP contribution in [-0.2, 0) is 20.7 Å². The van der Waals surface area contributed by atoms with Crippen LogP contribution in [0.15, 0.2) is 67.1 Å². The van der Waals surface area contributed by atoms with Crippen molar-refractivity contribution in [2.45, 2.75) is 18.5 Å². The van der Waals surface area contributed by atoms with Crippen molar-refractivity contribution in [3.8, 4) is 0 Å². The third kappa shape index (κ3) is 3.32. The van der Waals surface area contributed by atoms with Gasteiger partial charge in [-0.15, -0.1) is 0 Å². The van der Waals surface area contributed by atoms with Crippen LogP contribution in [0.3, 0.4) is 0 Å². The van der Waals surface area contributed by atoms with E-state index in [2.05, 4.69) is 0 Å². The lowest BCUT2D eigenvalue weighted by Crippen LogP contribution is -2.56. The Morgan fingerprint density at radius 2 is 1.60 bits per heavy atom. The van der Waals surface area contributed by atoms with Crippen molar-refractivity contribution in [2.24, 2.45) is 0 Å². The van der Waals surface area contributed by atoms with Gasteiger partial charge < -0.3 is 9.84 Å². The van der Waals surface area contributed by atoms with Gasteiger partial charge in [0, 0.05) is 12.6 Å². The fourth-order valence-corrected chi connectivity index (χ4v) is 3.65. The molecule has 8 nitrogen and oxygen atoms in total. The number of hydrogen-bond acceptors (Lipinski definition) is 5. The first-order valence-electron chi connectivity index (χ1n) is 9.33. The largest absolute Gasteiger partial charge is 0.497 e. The number of carboxylic acids is 1. The molecule has 0 saturated carbocycles. The lowest BCUT2D eigenvalue weighted by Gasteiger charge is -2.34. The van der Waals surface area contributed by atoms with Crippen molar-refractivity contribution in [3.05, 3.63) is 83.7 Å². The monoisotopic (exact) mass is 406 g/mol. The van der Waals surface area contributed by atoms with Crippen molar-refractivity contribution in [2.75, 3.05) is 6.61 Å². The third-order valence-corrected chi connectivity index (χ3v) is 5.14. The van der Waals surface area contributed by atoms with Gasteiger partial charge >= 0.3 is 5.97 Å². The van der Waals surface area contributed by atoms with Crippen molar-refractivity contribution >= 4 is 23.7 Å². The number of ether oxygens (including phenoxy) is 1. The second-order valence-corrected chi connectivity index (χ2v) is 6.95. The van der Waals surface area contributed by atoms with E-state index in [1.165, 1.54) is 24.6 Å². The molecule has 152 valence electrons. The fraction of sp³-hybridized carbons (Fsp3) is 0.182. The minimum absolute atomic E-state index is 0.0582. The molecule has 2 aromatic rings. The summed E-state index contributed by atoms with van der Waals surface area (Å²) in [4.78, 5) is 53.1. The molecule has 2 aliphatic rings. The van der Waals surface area contributed by atoms with Gasteiger partial charge in [-0.25, -0.2) is 4.79 Å². The highest BCUT2D eigenvalue weighted by Gasteiger charge is 2.45. The summed E-state index contributed by atoms with van der Waals surface area (Å²) in [5, 5.41) is 9.49. The fourth-order valence-electron chi connectivity index (χ4n) is 3.65. The molecule has 30 heavy (non-hydrogen) atoms. The number of rotatable bonds is 5. The predicted molar refractivity (Wildman–Crippen MR) is 104 cm³/mol. The molecule has 8 heteroatoms. The smallest absolute Gasteiger partial charge is 0.330 e. The highest BCUT2D eigenvalue weighted by Crippen LogP contribution is 2.27. The van der Waals surface area contributed by atoms with E-state index in [9.17, 15) is 24.3 Å². The van der Waals surface area contributed by atoms with Gasteiger partial charge in [-0.2, -0.15) is 0 Å². The minimum Gasteiger partial charge on any atom is -0.497 e. The maximum atomic E-state index is 13.5. The average Bonchev–Trinajstić information content (AvgIpc) is 3.03. The number of carbonyl (C=O) groups excluding carboxylic acids is 3. The molecule has 0 unspecified atom stereocenters. The van der Waals surface area contributed by atoms with Crippen LogP contribution in [0.4, 0.5) is 0 Å². The van der Waals surface area contributed by atoms with Gasteiger partial charge in [-0.05, 0) is 17.7 Å². The van der Waals surface area contributed by atoms with Crippen LogP contribution in [0, 0.1) is 0 Å². The van der Waals surface area contributed by atoms with E-state index in [4.69, 9.17) is 4.74 Å². The standard InChI is InChI=1S/C22H18N2O6/c25-19-15-8-4-5-9-16(15)20(26)24(19)17(12-14-6-2-1-3-7-14)21(27)23-10-11-30-13-18(23)22(28)29/h1-11,17-18H,12-13H2,(H,28,29)/t17-,18-/m1/s1. The number of carbonyl (C=O) groups is 4. The second kappa shape index (κ2) is 7.82. The topological polar surface area (TPSA) is 104 Å².